The van der Waals surface area contributed by atoms with Crippen molar-refractivity contribution in [1.29, 1.82) is 0 Å². The van der Waals surface area contributed by atoms with Crippen molar-refractivity contribution in [3.63, 3.8) is 0 Å². The number of hydrogen-bond donors (Lipinski definition) is 0. The SMILES string of the molecule is COCO[C@H]1C[C@](C)(OCOC)[C@H]2C[C@H](O[Si](c3ccccc3)(c3ccccc3)C(C)(C)C)[C@H](C)[C@H]2[C@H](OCOCC[Si](C)(C)C)C1=O. The average Bonchev–Trinajstić information content (AvgIpc) is 3.33. The van der Waals surface area contributed by atoms with Crippen LogP contribution in [0.4, 0.5) is 0 Å². The summed E-state index contributed by atoms with van der Waals surface area (Å²) in [4.78, 5) is 14.4. The van der Waals surface area contributed by atoms with E-state index in [1.807, 2.05) is 0 Å². The van der Waals surface area contributed by atoms with Gasteiger partial charge in [0, 0.05) is 47.3 Å². The molecule has 0 heterocycles. The molecule has 2 aromatic carbocycles. The number of Topliss-reactive ketones (excluding diaryl/α,β-unsaturated/α-hetero) is 1. The molecule has 0 spiro atoms. The van der Waals surface area contributed by atoms with Crippen LogP contribution in [0.25, 0.3) is 0 Å². The molecule has 0 N–H and O–H groups in total. The Hall–Kier alpha value is -1.74. The molecular formula is C38H60O8Si2. The van der Waals surface area contributed by atoms with E-state index in [0.717, 1.165) is 6.04 Å². The third kappa shape index (κ3) is 8.76. The number of ketones is 1. The minimum atomic E-state index is -2.88. The molecule has 268 valence electrons. The van der Waals surface area contributed by atoms with Gasteiger partial charge in [-0.3, -0.25) is 4.79 Å². The molecule has 7 atom stereocenters. The number of carbonyl (C=O) groups excluding carboxylic acids is 1. The van der Waals surface area contributed by atoms with Gasteiger partial charge in [0.1, 0.15) is 32.6 Å². The Kier molecular flexibility index (Phi) is 13.4. The first kappa shape index (κ1) is 39.1. The van der Waals surface area contributed by atoms with E-state index in [1.165, 1.54) is 10.4 Å². The first-order valence-corrected chi connectivity index (χ1v) is 23.1. The van der Waals surface area contributed by atoms with Gasteiger partial charge in [0.05, 0.1) is 5.60 Å². The molecule has 0 aromatic heterocycles. The molecule has 0 aliphatic heterocycles. The van der Waals surface area contributed by atoms with Crippen LogP contribution in [0.1, 0.15) is 47.5 Å². The van der Waals surface area contributed by atoms with Crippen LogP contribution in [0.5, 0.6) is 0 Å². The van der Waals surface area contributed by atoms with Gasteiger partial charge in [-0.15, -0.1) is 0 Å². The standard InChI is InChI=1S/C38H60O8Si2/c1-28-32(46-48(37(2,3)4,29-17-13-11-14-18-29)30-19-15-12-16-20-30)23-31-34(28)36(44-27-42-21-22-47(8,9)10)35(39)33(43-25-40-6)24-38(31,5)45-26-41-7/h11-20,28,31-34,36H,21-27H2,1-10H3/t28-,31-,32-,33-,34+,36-,38-/m0/s1. The third-order valence-electron chi connectivity index (χ3n) is 10.4. The fourth-order valence-corrected chi connectivity index (χ4v) is 13.4. The van der Waals surface area contributed by atoms with Crippen LogP contribution in [0.15, 0.2) is 60.7 Å². The molecule has 0 bridgehead atoms. The maximum absolute atomic E-state index is 14.4. The van der Waals surface area contributed by atoms with E-state index in [0.29, 0.717) is 19.4 Å². The largest absolute Gasteiger partial charge is 0.404 e. The van der Waals surface area contributed by atoms with E-state index in [2.05, 4.69) is 115 Å². The Balaban J connectivity index is 1.77. The fourth-order valence-electron chi connectivity index (χ4n) is 7.85. The number of methoxy groups -OCH3 is 2. The summed E-state index contributed by atoms with van der Waals surface area (Å²) >= 11 is 0. The molecule has 48 heavy (non-hydrogen) atoms. The summed E-state index contributed by atoms with van der Waals surface area (Å²) in [5.74, 6) is -0.394. The van der Waals surface area contributed by atoms with E-state index < -0.39 is 34.2 Å². The molecule has 0 saturated heterocycles. The highest BCUT2D eigenvalue weighted by atomic mass is 28.4. The Bertz CT molecular complexity index is 1240. The highest BCUT2D eigenvalue weighted by Gasteiger charge is 2.61. The second-order valence-corrected chi connectivity index (χ2v) is 25.9. The van der Waals surface area contributed by atoms with Crippen LogP contribution >= 0.6 is 0 Å². The van der Waals surface area contributed by atoms with Gasteiger partial charge >= 0.3 is 0 Å². The van der Waals surface area contributed by atoms with Crippen molar-refractivity contribution < 1.29 is 37.6 Å². The molecule has 0 unspecified atom stereocenters. The lowest BCUT2D eigenvalue weighted by Gasteiger charge is -2.45. The quantitative estimate of drug-likeness (QED) is 0.116. The lowest BCUT2D eigenvalue weighted by atomic mass is 9.77. The first-order valence-electron chi connectivity index (χ1n) is 17.4. The molecular weight excluding hydrogens is 641 g/mol. The number of hydrogen-bond acceptors (Lipinski definition) is 8. The van der Waals surface area contributed by atoms with Gasteiger partial charge in [-0.1, -0.05) is 108 Å². The molecule has 2 fully saturated rings. The van der Waals surface area contributed by atoms with Crippen LogP contribution in [0.2, 0.25) is 30.7 Å². The Labute approximate surface area is 291 Å². The van der Waals surface area contributed by atoms with Gasteiger partial charge in [0.2, 0.25) is 0 Å². The number of carbonyl (C=O) groups is 1. The second kappa shape index (κ2) is 16.5. The van der Waals surface area contributed by atoms with Gasteiger partial charge < -0.3 is 32.8 Å². The zero-order chi connectivity index (χ0) is 35.2. The van der Waals surface area contributed by atoms with E-state index in [1.54, 1.807) is 14.2 Å². The summed E-state index contributed by atoms with van der Waals surface area (Å²) in [5.41, 5.74) is -0.747. The molecule has 0 amide bonds. The third-order valence-corrected chi connectivity index (χ3v) is 17.2. The monoisotopic (exact) mass is 700 g/mol. The van der Waals surface area contributed by atoms with Crippen LogP contribution < -0.4 is 10.4 Å². The highest BCUT2D eigenvalue weighted by Crippen LogP contribution is 2.53. The highest BCUT2D eigenvalue weighted by molar-refractivity contribution is 6.99. The van der Waals surface area contributed by atoms with Gasteiger partial charge in [0.15, 0.2) is 5.78 Å². The maximum atomic E-state index is 14.4. The Morgan fingerprint density at radius 2 is 1.44 bits per heavy atom. The molecule has 0 radical (unpaired) electrons. The Morgan fingerprint density at radius 1 is 0.854 bits per heavy atom. The fraction of sp³-hybridized carbons (Fsp3) is 0.658. The molecule has 8 nitrogen and oxygen atoms in total. The normalized spacial score (nSPS) is 28.3. The van der Waals surface area contributed by atoms with Gasteiger partial charge in [-0.25, -0.2) is 0 Å². The van der Waals surface area contributed by atoms with Crippen LogP contribution in [0.3, 0.4) is 0 Å². The molecule has 2 aliphatic carbocycles. The number of fused-ring (bicyclic) bond motifs is 1. The van der Waals surface area contributed by atoms with E-state index >= 15 is 0 Å². The Morgan fingerprint density at radius 3 is 1.96 bits per heavy atom. The minimum Gasteiger partial charge on any atom is -0.404 e. The van der Waals surface area contributed by atoms with E-state index in [4.69, 9.17) is 32.8 Å². The maximum Gasteiger partial charge on any atom is 0.261 e. The minimum absolute atomic E-state index is 0.000667. The van der Waals surface area contributed by atoms with Gasteiger partial charge in [0.25, 0.3) is 8.32 Å². The van der Waals surface area contributed by atoms with Crippen molar-refractivity contribution in [2.75, 3.05) is 41.2 Å². The summed E-state index contributed by atoms with van der Waals surface area (Å²) < 4.78 is 43.5. The van der Waals surface area contributed by atoms with Crippen molar-refractivity contribution in [1.82, 2.24) is 0 Å². The summed E-state index contributed by atoms with van der Waals surface area (Å²) in [6.45, 7) is 18.9. The van der Waals surface area contributed by atoms with Crippen LogP contribution in [-0.2, 0) is 37.6 Å². The van der Waals surface area contributed by atoms with E-state index in [-0.39, 0.29) is 55.1 Å². The number of benzene rings is 2. The van der Waals surface area contributed by atoms with Gasteiger partial charge in [-0.2, -0.15) is 0 Å². The smallest absolute Gasteiger partial charge is 0.261 e. The lowest BCUT2D eigenvalue weighted by Crippen LogP contribution is -2.68. The molecule has 2 aliphatic rings. The summed E-state index contributed by atoms with van der Waals surface area (Å²) in [7, 11) is -0.983. The number of ether oxygens (including phenoxy) is 6. The van der Waals surface area contributed by atoms with Crippen molar-refractivity contribution in [2.45, 2.75) is 102 Å². The first-order chi connectivity index (χ1) is 22.7. The van der Waals surface area contributed by atoms with Crippen LogP contribution in [-0.4, -0.2) is 87.3 Å². The number of rotatable bonds is 16. The molecule has 10 heteroatoms. The van der Waals surface area contributed by atoms with E-state index in [9.17, 15) is 4.79 Å². The molecule has 2 aromatic rings. The zero-order valence-electron chi connectivity index (χ0n) is 31.0. The predicted molar refractivity (Wildman–Crippen MR) is 195 cm³/mol. The lowest BCUT2D eigenvalue weighted by molar-refractivity contribution is -0.175. The predicted octanol–water partition coefficient (Wildman–Crippen LogP) is 6.24. The van der Waals surface area contributed by atoms with Crippen LogP contribution in [0, 0.1) is 17.8 Å². The van der Waals surface area contributed by atoms with Gasteiger partial charge in [-0.05, 0) is 46.6 Å². The molecule has 4 rings (SSSR count). The average molecular weight is 701 g/mol. The van der Waals surface area contributed by atoms with Crippen molar-refractivity contribution >= 4 is 32.5 Å². The van der Waals surface area contributed by atoms with Crippen molar-refractivity contribution in [2.24, 2.45) is 17.8 Å². The van der Waals surface area contributed by atoms with Crippen molar-refractivity contribution in [3.05, 3.63) is 60.7 Å². The second-order valence-electron chi connectivity index (χ2n) is 16.1. The molecule has 2 saturated carbocycles. The topological polar surface area (TPSA) is 81.7 Å². The summed E-state index contributed by atoms with van der Waals surface area (Å²) in [5, 5.41) is 2.27. The van der Waals surface area contributed by atoms with Crippen molar-refractivity contribution in [3.8, 4) is 0 Å². The zero-order valence-corrected chi connectivity index (χ0v) is 33.0. The summed E-state index contributed by atoms with van der Waals surface area (Å²) in [6.07, 6.45) is -0.599. The summed E-state index contributed by atoms with van der Waals surface area (Å²) in [6, 6.07) is 22.5.